The number of fused-ring (bicyclic) bond motifs is 1. The fourth-order valence-electron chi connectivity index (χ4n) is 1.47. The third-order valence-corrected chi connectivity index (χ3v) is 2.53. The molecule has 0 atom stereocenters. The van der Waals surface area contributed by atoms with Gasteiger partial charge in [-0.1, -0.05) is 11.6 Å². The molecule has 1 aromatic carbocycles. The van der Waals surface area contributed by atoms with E-state index in [0.29, 0.717) is 34.7 Å². The van der Waals surface area contributed by atoms with Crippen LogP contribution in [0, 0.1) is 0 Å². The standard InChI is InChI=1S/C11H11ClN2O2/c12-11-8-6-7(16)3-4-9(8)13-10(14-11)2-1-5-15/h3-4,6,15-16H,1-2,5H2. The molecular formula is C11H11ClN2O2. The molecule has 0 saturated heterocycles. The summed E-state index contributed by atoms with van der Waals surface area (Å²) in [4.78, 5) is 8.41. The molecule has 2 aromatic rings. The fraction of sp³-hybridized carbons (Fsp3) is 0.273. The van der Waals surface area contributed by atoms with Crippen molar-refractivity contribution in [2.24, 2.45) is 0 Å². The van der Waals surface area contributed by atoms with Crippen LogP contribution in [0.1, 0.15) is 12.2 Å². The normalized spacial score (nSPS) is 10.9. The van der Waals surface area contributed by atoms with E-state index in [1.54, 1.807) is 12.1 Å². The Morgan fingerprint density at radius 3 is 2.81 bits per heavy atom. The first kappa shape index (κ1) is 11.1. The average molecular weight is 239 g/mol. The van der Waals surface area contributed by atoms with Gasteiger partial charge in [-0.15, -0.1) is 0 Å². The summed E-state index contributed by atoms with van der Waals surface area (Å²) in [5, 5.41) is 19.0. The van der Waals surface area contributed by atoms with Crippen molar-refractivity contribution in [1.29, 1.82) is 0 Å². The molecule has 1 heterocycles. The predicted octanol–water partition coefficient (Wildman–Crippen LogP) is 1.91. The molecule has 4 nitrogen and oxygen atoms in total. The molecule has 0 fully saturated rings. The number of aryl methyl sites for hydroxylation is 1. The Balaban J connectivity index is 2.46. The lowest BCUT2D eigenvalue weighted by Gasteiger charge is -2.04. The average Bonchev–Trinajstić information content (AvgIpc) is 2.27. The van der Waals surface area contributed by atoms with Gasteiger partial charge in [0.15, 0.2) is 0 Å². The van der Waals surface area contributed by atoms with Crippen LogP contribution in [0.25, 0.3) is 10.9 Å². The molecule has 2 N–H and O–H groups in total. The Hall–Kier alpha value is -1.39. The molecule has 0 spiro atoms. The zero-order valence-corrected chi connectivity index (χ0v) is 9.28. The molecular weight excluding hydrogens is 228 g/mol. The zero-order valence-electron chi connectivity index (χ0n) is 8.52. The highest BCUT2D eigenvalue weighted by atomic mass is 35.5. The maximum absolute atomic E-state index is 9.32. The first-order valence-corrected chi connectivity index (χ1v) is 5.34. The van der Waals surface area contributed by atoms with Gasteiger partial charge in [0.2, 0.25) is 0 Å². The second-order valence-corrected chi connectivity index (χ2v) is 3.82. The van der Waals surface area contributed by atoms with E-state index in [2.05, 4.69) is 9.97 Å². The third kappa shape index (κ3) is 2.23. The van der Waals surface area contributed by atoms with Crippen LogP contribution >= 0.6 is 11.6 Å². The number of aromatic hydroxyl groups is 1. The van der Waals surface area contributed by atoms with E-state index in [-0.39, 0.29) is 12.4 Å². The van der Waals surface area contributed by atoms with Gasteiger partial charge >= 0.3 is 0 Å². The fourth-order valence-corrected chi connectivity index (χ4v) is 1.72. The second kappa shape index (κ2) is 4.63. The van der Waals surface area contributed by atoms with Crippen LogP contribution in [0.15, 0.2) is 18.2 Å². The number of hydrogen-bond donors (Lipinski definition) is 2. The summed E-state index contributed by atoms with van der Waals surface area (Å²) in [6.07, 6.45) is 1.20. The van der Waals surface area contributed by atoms with Crippen molar-refractivity contribution in [3.05, 3.63) is 29.2 Å². The smallest absolute Gasteiger partial charge is 0.140 e. The number of rotatable bonds is 3. The van der Waals surface area contributed by atoms with E-state index in [1.807, 2.05) is 0 Å². The molecule has 2 rings (SSSR count). The molecule has 0 aliphatic rings. The second-order valence-electron chi connectivity index (χ2n) is 3.46. The van der Waals surface area contributed by atoms with Crippen molar-refractivity contribution in [1.82, 2.24) is 9.97 Å². The number of aliphatic hydroxyl groups excluding tert-OH is 1. The maximum Gasteiger partial charge on any atom is 0.140 e. The molecule has 1 aromatic heterocycles. The number of benzene rings is 1. The van der Waals surface area contributed by atoms with E-state index in [1.165, 1.54) is 6.07 Å². The van der Waals surface area contributed by atoms with Crippen LogP contribution in [-0.2, 0) is 6.42 Å². The first-order valence-electron chi connectivity index (χ1n) is 4.96. The molecule has 0 radical (unpaired) electrons. The van der Waals surface area contributed by atoms with Crippen LogP contribution in [0.3, 0.4) is 0 Å². The summed E-state index contributed by atoms with van der Waals surface area (Å²) in [6.45, 7) is 0.106. The summed E-state index contributed by atoms with van der Waals surface area (Å²) < 4.78 is 0. The molecule has 5 heteroatoms. The number of aliphatic hydroxyl groups is 1. The van der Waals surface area contributed by atoms with Gasteiger partial charge in [-0.25, -0.2) is 9.97 Å². The molecule has 84 valence electrons. The van der Waals surface area contributed by atoms with Crippen LogP contribution in [0.5, 0.6) is 5.75 Å². The van der Waals surface area contributed by atoms with E-state index in [4.69, 9.17) is 16.7 Å². The van der Waals surface area contributed by atoms with Crippen LogP contribution in [-0.4, -0.2) is 26.8 Å². The van der Waals surface area contributed by atoms with Crippen LogP contribution in [0.2, 0.25) is 5.15 Å². The van der Waals surface area contributed by atoms with E-state index >= 15 is 0 Å². The minimum Gasteiger partial charge on any atom is -0.508 e. The minimum atomic E-state index is 0.106. The van der Waals surface area contributed by atoms with Gasteiger partial charge in [-0.05, 0) is 24.6 Å². The highest BCUT2D eigenvalue weighted by Gasteiger charge is 2.06. The summed E-state index contributed by atoms with van der Waals surface area (Å²) in [5.41, 5.74) is 0.700. The Morgan fingerprint density at radius 2 is 2.06 bits per heavy atom. The molecule has 0 aliphatic heterocycles. The van der Waals surface area contributed by atoms with Crippen molar-refractivity contribution < 1.29 is 10.2 Å². The summed E-state index contributed by atoms with van der Waals surface area (Å²) >= 11 is 5.99. The number of hydrogen-bond acceptors (Lipinski definition) is 4. The van der Waals surface area contributed by atoms with Gasteiger partial charge in [0.05, 0.1) is 5.52 Å². The Kier molecular flexibility index (Phi) is 3.22. The minimum absolute atomic E-state index is 0.106. The molecule has 0 aliphatic carbocycles. The molecule has 0 unspecified atom stereocenters. The first-order chi connectivity index (χ1) is 7.70. The Labute approximate surface area is 97.5 Å². The van der Waals surface area contributed by atoms with Gasteiger partial charge < -0.3 is 10.2 Å². The van der Waals surface area contributed by atoms with E-state index in [0.717, 1.165) is 0 Å². The van der Waals surface area contributed by atoms with Crippen LogP contribution in [0.4, 0.5) is 0 Å². The third-order valence-electron chi connectivity index (χ3n) is 2.24. The number of phenols is 1. The Bertz CT molecular complexity index is 517. The van der Waals surface area contributed by atoms with Crippen molar-refractivity contribution in [3.8, 4) is 5.75 Å². The number of phenolic OH excluding ortho intramolecular Hbond substituents is 1. The quantitative estimate of drug-likeness (QED) is 0.802. The number of aromatic nitrogens is 2. The monoisotopic (exact) mass is 238 g/mol. The number of nitrogens with zero attached hydrogens (tertiary/aromatic N) is 2. The van der Waals surface area contributed by atoms with Crippen molar-refractivity contribution in [2.75, 3.05) is 6.61 Å². The molecule has 0 saturated carbocycles. The van der Waals surface area contributed by atoms with Gasteiger partial charge in [0, 0.05) is 18.4 Å². The lowest BCUT2D eigenvalue weighted by molar-refractivity contribution is 0.287. The lowest BCUT2D eigenvalue weighted by atomic mass is 10.2. The summed E-state index contributed by atoms with van der Waals surface area (Å²) in [7, 11) is 0. The lowest BCUT2D eigenvalue weighted by Crippen LogP contribution is -1.98. The SMILES string of the molecule is OCCCc1nc(Cl)c2cc(O)ccc2n1. The highest BCUT2D eigenvalue weighted by molar-refractivity contribution is 6.34. The Morgan fingerprint density at radius 1 is 1.25 bits per heavy atom. The molecule has 0 bridgehead atoms. The van der Waals surface area contributed by atoms with Gasteiger partial charge in [0.25, 0.3) is 0 Å². The highest BCUT2D eigenvalue weighted by Crippen LogP contribution is 2.24. The van der Waals surface area contributed by atoms with Crippen molar-refractivity contribution in [2.45, 2.75) is 12.8 Å². The van der Waals surface area contributed by atoms with E-state index < -0.39 is 0 Å². The topological polar surface area (TPSA) is 66.2 Å². The maximum atomic E-state index is 9.32. The molecule has 0 amide bonds. The summed E-state index contributed by atoms with van der Waals surface area (Å²) in [6, 6.07) is 4.79. The zero-order chi connectivity index (χ0) is 11.5. The van der Waals surface area contributed by atoms with Crippen molar-refractivity contribution in [3.63, 3.8) is 0 Å². The van der Waals surface area contributed by atoms with Gasteiger partial charge in [-0.3, -0.25) is 0 Å². The number of halogens is 1. The van der Waals surface area contributed by atoms with Crippen LogP contribution < -0.4 is 0 Å². The largest absolute Gasteiger partial charge is 0.508 e. The molecule has 16 heavy (non-hydrogen) atoms. The summed E-state index contributed by atoms with van der Waals surface area (Å²) in [5.74, 6) is 0.748. The van der Waals surface area contributed by atoms with Gasteiger partial charge in [0.1, 0.15) is 16.7 Å². The van der Waals surface area contributed by atoms with Gasteiger partial charge in [-0.2, -0.15) is 0 Å². The van der Waals surface area contributed by atoms with Crippen molar-refractivity contribution >= 4 is 22.5 Å². The predicted molar refractivity (Wildman–Crippen MR) is 61.6 cm³/mol. The van der Waals surface area contributed by atoms with E-state index in [9.17, 15) is 5.11 Å².